The number of rotatable bonds is 4. The van der Waals surface area contributed by atoms with E-state index in [2.05, 4.69) is 0 Å². The summed E-state index contributed by atoms with van der Waals surface area (Å²) in [5, 5.41) is 0. The zero-order valence-corrected chi connectivity index (χ0v) is 13.6. The molecule has 1 amide bonds. The van der Waals surface area contributed by atoms with E-state index in [1.165, 1.54) is 12.1 Å². The lowest BCUT2D eigenvalue weighted by Crippen LogP contribution is -2.47. The Morgan fingerprint density at radius 2 is 2.22 bits per heavy atom. The predicted molar refractivity (Wildman–Crippen MR) is 84.6 cm³/mol. The van der Waals surface area contributed by atoms with Gasteiger partial charge >= 0.3 is 0 Å². The fraction of sp³-hybridized carbons (Fsp3) is 0.611. The molecule has 126 valence electrons. The van der Waals surface area contributed by atoms with Gasteiger partial charge in [0, 0.05) is 26.1 Å². The molecule has 1 spiro atoms. The molecule has 0 aliphatic carbocycles. The minimum absolute atomic E-state index is 0.0600. The summed E-state index contributed by atoms with van der Waals surface area (Å²) in [5.74, 6) is -0.237. The Morgan fingerprint density at radius 3 is 2.91 bits per heavy atom. The topological polar surface area (TPSA) is 38.8 Å². The zero-order valence-electron chi connectivity index (χ0n) is 13.6. The molecule has 1 unspecified atom stereocenters. The quantitative estimate of drug-likeness (QED) is 0.855. The molecule has 0 N–H and O–H groups in total. The van der Waals surface area contributed by atoms with Gasteiger partial charge in [-0.25, -0.2) is 4.39 Å². The summed E-state index contributed by atoms with van der Waals surface area (Å²) >= 11 is 0. The first-order valence-electron chi connectivity index (χ1n) is 8.38. The van der Waals surface area contributed by atoms with Crippen molar-refractivity contribution in [1.29, 1.82) is 0 Å². The van der Waals surface area contributed by atoms with Gasteiger partial charge in [0.2, 0.25) is 5.91 Å². The molecule has 0 radical (unpaired) electrons. The fourth-order valence-electron chi connectivity index (χ4n) is 3.59. The van der Waals surface area contributed by atoms with E-state index in [1.807, 2.05) is 11.8 Å². The van der Waals surface area contributed by atoms with Crippen molar-refractivity contribution in [3.8, 4) is 0 Å². The molecule has 1 atom stereocenters. The summed E-state index contributed by atoms with van der Waals surface area (Å²) in [5.41, 5.74) is 0.610. The van der Waals surface area contributed by atoms with Crippen molar-refractivity contribution in [2.45, 2.75) is 44.3 Å². The molecule has 5 heteroatoms. The van der Waals surface area contributed by atoms with Crippen LogP contribution >= 0.6 is 0 Å². The number of halogens is 1. The minimum Gasteiger partial charge on any atom is -0.376 e. The van der Waals surface area contributed by atoms with Gasteiger partial charge in [-0.3, -0.25) is 4.79 Å². The summed E-state index contributed by atoms with van der Waals surface area (Å²) in [4.78, 5) is 14.3. The number of carbonyl (C=O) groups is 1. The third-order valence-electron chi connectivity index (χ3n) is 4.85. The van der Waals surface area contributed by atoms with Gasteiger partial charge in [-0.2, -0.15) is 0 Å². The Labute approximate surface area is 136 Å². The monoisotopic (exact) mass is 321 g/mol. The molecular weight excluding hydrogens is 297 g/mol. The summed E-state index contributed by atoms with van der Waals surface area (Å²) < 4.78 is 24.9. The molecule has 0 aromatic heterocycles. The maximum atomic E-state index is 13.2. The normalized spacial score (nSPS) is 23.4. The predicted octanol–water partition coefficient (Wildman–Crippen LogP) is 2.55. The molecular formula is C18H24FNO3. The molecule has 2 fully saturated rings. The molecule has 23 heavy (non-hydrogen) atoms. The maximum absolute atomic E-state index is 13.2. The van der Waals surface area contributed by atoms with Gasteiger partial charge < -0.3 is 14.4 Å². The highest BCUT2D eigenvalue weighted by Gasteiger charge is 2.43. The Morgan fingerprint density at radius 1 is 1.43 bits per heavy atom. The second-order valence-corrected chi connectivity index (χ2v) is 6.46. The van der Waals surface area contributed by atoms with E-state index in [0.717, 1.165) is 24.8 Å². The second-order valence-electron chi connectivity index (χ2n) is 6.46. The third-order valence-corrected chi connectivity index (χ3v) is 4.85. The molecule has 3 rings (SSSR count). The van der Waals surface area contributed by atoms with Crippen LogP contribution in [0.2, 0.25) is 0 Å². The van der Waals surface area contributed by atoms with Gasteiger partial charge in [-0.1, -0.05) is 12.1 Å². The number of amides is 1. The van der Waals surface area contributed by atoms with E-state index in [9.17, 15) is 9.18 Å². The number of benzene rings is 1. The number of piperidine rings is 1. The number of carbonyl (C=O) groups excluding carboxylic acids is 1. The molecule has 4 nitrogen and oxygen atoms in total. The van der Waals surface area contributed by atoms with Crippen LogP contribution in [0.4, 0.5) is 4.39 Å². The molecule has 2 aliphatic rings. The lowest BCUT2D eigenvalue weighted by Gasteiger charge is -2.38. The molecule has 1 aromatic carbocycles. The third kappa shape index (κ3) is 3.90. The van der Waals surface area contributed by atoms with Crippen LogP contribution in [-0.2, 0) is 20.7 Å². The highest BCUT2D eigenvalue weighted by atomic mass is 19.1. The van der Waals surface area contributed by atoms with Crippen molar-refractivity contribution in [1.82, 2.24) is 4.90 Å². The second kappa shape index (κ2) is 6.97. The fourth-order valence-corrected chi connectivity index (χ4v) is 3.59. The standard InChI is InChI=1S/C18H24FNO3/c1-2-22-16-12-18(23-13-16)6-8-20(9-7-18)17(21)11-14-4-3-5-15(19)10-14/h3-5,10,16H,2,6-9,11-13H2,1H3. The highest BCUT2D eigenvalue weighted by Crippen LogP contribution is 2.37. The Balaban J connectivity index is 1.52. The lowest BCUT2D eigenvalue weighted by molar-refractivity contribution is -0.135. The summed E-state index contributed by atoms with van der Waals surface area (Å²) in [6.45, 7) is 4.77. The van der Waals surface area contributed by atoms with Gasteiger partial charge in [-0.05, 0) is 37.5 Å². The van der Waals surface area contributed by atoms with Gasteiger partial charge in [0.1, 0.15) is 5.82 Å². The van der Waals surface area contributed by atoms with Crippen LogP contribution in [0, 0.1) is 5.82 Å². The van der Waals surface area contributed by atoms with Gasteiger partial charge in [0.25, 0.3) is 0 Å². The number of likely N-dealkylation sites (tertiary alicyclic amines) is 1. The summed E-state index contributed by atoms with van der Waals surface area (Å²) in [7, 11) is 0. The number of hydrogen-bond donors (Lipinski definition) is 0. The van der Waals surface area contributed by atoms with E-state index in [1.54, 1.807) is 12.1 Å². The van der Waals surface area contributed by atoms with E-state index < -0.39 is 0 Å². The van der Waals surface area contributed by atoms with E-state index >= 15 is 0 Å². The highest BCUT2D eigenvalue weighted by molar-refractivity contribution is 5.78. The van der Waals surface area contributed by atoms with E-state index in [0.29, 0.717) is 26.3 Å². The van der Waals surface area contributed by atoms with Crippen molar-refractivity contribution in [3.05, 3.63) is 35.6 Å². The molecule has 2 heterocycles. The van der Waals surface area contributed by atoms with Gasteiger partial charge in [0.05, 0.1) is 24.7 Å². The number of hydrogen-bond acceptors (Lipinski definition) is 3. The van der Waals surface area contributed by atoms with E-state index in [4.69, 9.17) is 9.47 Å². The Hall–Kier alpha value is -1.46. The van der Waals surface area contributed by atoms with Crippen molar-refractivity contribution in [2.75, 3.05) is 26.3 Å². The van der Waals surface area contributed by atoms with Crippen molar-refractivity contribution >= 4 is 5.91 Å². The SMILES string of the molecule is CCOC1COC2(CCN(C(=O)Cc3cccc(F)c3)CC2)C1. The largest absolute Gasteiger partial charge is 0.376 e. The number of ether oxygens (including phenoxy) is 2. The van der Waals surface area contributed by atoms with Crippen molar-refractivity contribution < 1.29 is 18.7 Å². The average molecular weight is 321 g/mol. The van der Waals surface area contributed by atoms with Crippen LogP contribution in [0.15, 0.2) is 24.3 Å². The van der Waals surface area contributed by atoms with Crippen LogP contribution in [0.1, 0.15) is 31.7 Å². The van der Waals surface area contributed by atoms with Crippen LogP contribution in [0.5, 0.6) is 0 Å². The number of nitrogens with zero attached hydrogens (tertiary/aromatic N) is 1. The van der Waals surface area contributed by atoms with Crippen LogP contribution < -0.4 is 0 Å². The maximum Gasteiger partial charge on any atom is 0.226 e. The summed E-state index contributed by atoms with van der Waals surface area (Å²) in [6.07, 6.45) is 3.08. The van der Waals surface area contributed by atoms with Crippen molar-refractivity contribution in [3.63, 3.8) is 0 Å². The minimum atomic E-state index is -0.297. The Bertz CT molecular complexity index is 555. The summed E-state index contributed by atoms with van der Waals surface area (Å²) in [6, 6.07) is 6.25. The average Bonchev–Trinajstić information content (AvgIpc) is 2.91. The van der Waals surface area contributed by atoms with E-state index in [-0.39, 0.29) is 29.9 Å². The molecule has 0 bridgehead atoms. The molecule has 0 saturated carbocycles. The molecule has 2 aliphatic heterocycles. The molecule has 2 saturated heterocycles. The van der Waals surface area contributed by atoms with Crippen LogP contribution in [0.3, 0.4) is 0 Å². The zero-order chi connectivity index (χ0) is 16.3. The van der Waals surface area contributed by atoms with Crippen LogP contribution in [-0.4, -0.2) is 48.8 Å². The lowest BCUT2D eigenvalue weighted by atomic mass is 9.87. The molecule has 1 aromatic rings. The smallest absolute Gasteiger partial charge is 0.226 e. The first kappa shape index (κ1) is 16.4. The Kier molecular flexibility index (Phi) is 4.97. The van der Waals surface area contributed by atoms with Crippen LogP contribution in [0.25, 0.3) is 0 Å². The van der Waals surface area contributed by atoms with Gasteiger partial charge in [-0.15, -0.1) is 0 Å². The first-order valence-corrected chi connectivity index (χ1v) is 8.38. The van der Waals surface area contributed by atoms with Gasteiger partial charge in [0.15, 0.2) is 0 Å². The van der Waals surface area contributed by atoms with Crippen molar-refractivity contribution in [2.24, 2.45) is 0 Å². The first-order chi connectivity index (χ1) is 11.1.